The van der Waals surface area contributed by atoms with Gasteiger partial charge in [0.2, 0.25) is 0 Å². The molecule has 1 atom stereocenters. The summed E-state index contributed by atoms with van der Waals surface area (Å²) in [6.07, 6.45) is 0. The van der Waals surface area contributed by atoms with E-state index in [1.807, 2.05) is 31.2 Å². The minimum absolute atomic E-state index is 0.160. The number of aliphatic hydroxyl groups is 1. The van der Waals surface area contributed by atoms with Gasteiger partial charge >= 0.3 is 11.8 Å². The maximum atomic E-state index is 12.0. The average molecular weight is 352 g/mol. The summed E-state index contributed by atoms with van der Waals surface area (Å²) in [6.45, 7) is 3.25. The molecule has 1 aromatic heterocycles. The Hall–Kier alpha value is -3.12. The third-order valence-electron chi connectivity index (χ3n) is 4.03. The Morgan fingerprint density at radius 1 is 1.08 bits per heavy atom. The lowest BCUT2D eigenvalue weighted by Crippen LogP contribution is -2.43. The number of aryl methyl sites for hydroxylation is 1. The van der Waals surface area contributed by atoms with Crippen LogP contribution in [0.25, 0.3) is 11.0 Å². The Morgan fingerprint density at radius 2 is 1.85 bits per heavy atom. The summed E-state index contributed by atoms with van der Waals surface area (Å²) >= 11 is 0. The Kier molecular flexibility index (Phi) is 4.77. The Morgan fingerprint density at radius 3 is 2.58 bits per heavy atom. The molecule has 0 bridgehead atoms. The van der Waals surface area contributed by atoms with Crippen molar-refractivity contribution < 1.29 is 19.1 Å². The van der Waals surface area contributed by atoms with Crippen LogP contribution in [-0.4, -0.2) is 23.5 Å². The van der Waals surface area contributed by atoms with Gasteiger partial charge in [-0.15, -0.1) is 0 Å². The first-order valence-electron chi connectivity index (χ1n) is 8.22. The second kappa shape index (κ2) is 7.01. The van der Waals surface area contributed by atoms with E-state index in [1.54, 1.807) is 30.3 Å². The molecule has 2 amide bonds. The predicted octanol–water partition coefficient (Wildman–Crippen LogP) is 2.70. The van der Waals surface area contributed by atoms with Gasteiger partial charge in [-0.25, -0.2) is 0 Å². The van der Waals surface area contributed by atoms with Crippen LogP contribution in [0.3, 0.4) is 0 Å². The maximum absolute atomic E-state index is 12.0. The van der Waals surface area contributed by atoms with Gasteiger partial charge < -0.3 is 20.2 Å². The van der Waals surface area contributed by atoms with Crippen LogP contribution in [0, 0.1) is 6.92 Å². The number of amides is 2. The fourth-order valence-corrected chi connectivity index (χ4v) is 2.58. The predicted molar refractivity (Wildman–Crippen MR) is 98.6 cm³/mol. The highest BCUT2D eigenvalue weighted by molar-refractivity contribution is 6.39. The second-order valence-corrected chi connectivity index (χ2v) is 6.43. The summed E-state index contributed by atoms with van der Waals surface area (Å²) in [7, 11) is 0. The van der Waals surface area contributed by atoms with E-state index in [9.17, 15) is 14.7 Å². The standard InChI is InChI=1S/C20H20N2O4/c1-13-6-5-8-15(10-13)22-19(24)18(23)21-12-20(2,25)17-11-14-7-3-4-9-16(14)26-17/h3-11,25H,12H2,1-2H3,(H,21,23)(H,22,24). The molecule has 2 aromatic carbocycles. The van der Waals surface area contributed by atoms with Gasteiger partial charge in [0, 0.05) is 11.1 Å². The van der Waals surface area contributed by atoms with Crippen LogP contribution >= 0.6 is 0 Å². The van der Waals surface area contributed by atoms with E-state index in [1.165, 1.54) is 6.92 Å². The highest BCUT2D eigenvalue weighted by Crippen LogP contribution is 2.27. The van der Waals surface area contributed by atoms with E-state index in [0.29, 0.717) is 17.0 Å². The number of hydrogen-bond acceptors (Lipinski definition) is 4. The molecule has 1 unspecified atom stereocenters. The number of hydrogen-bond donors (Lipinski definition) is 3. The molecule has 0 radical (unpaired) electrons. The highest BCUT2D eigenvalue weighted by Gasteiger charge is 2.29. The first-order valence-corrected chi connectivity index (χ1v) is 8.22. The topological polar surface area (TPSA) is 91.6 Å². The van der Waals surface area contributed by atoms with Crippen molar-refractivity contribution in [2.24, 2.45) is 0 Å². The zero-order valence-electron chi connectivity index (χ0n) is 14.6. The van der Waals surface area contributed by atoms with Crippen LogP contribution in [0.1, 0.15) is 18.2 Å². The van der Waals surface area contributed by atoms with Gasteiger partial charge in [-0.05, 0) is 43.7 Å². The number of nitrogens with one attached hydrogen (secondary N) is 2. The number of carbonyl (C=O) groups is 2. The van der Waals surface area contributed by atoms with Crippen LogP contribution in [0.4, 0.5) is 5.69 Å². The highest BCUT2D eigenvalue weighted by atomic mass is 16.4. The molecule has 6 heteroatoms. The molecule has 3 aromatic rings. The summed E-state index contributed by atoms with van der Waals surface area (Å²) in [4.78, 5) is 24.0. The van der Waals surface area contributed by atoms with Crippen molar-refractivity contribution in [2.75, 3.05) is 11.9 Å². The van der Waals surface area contributed by atoms with E-state index in [-0.39, 0.29) is 6.54 Å². The van der Waals surface area contributed by atoms with Crippen LogP contribution in [0.15, 0.2) is 59.0 Å². The Labute approximate surface area is 150 Å². The fraction of sp³-hybridized carbons (Fsp3) is 0.200. The van der Waals surface area contributed by atoms with Crippen molar-refractivity contribution in [3.63, 3.8) is 0 Å². The molecule has 6 nitrogen and oxygen atoms in total. The normalized spacial score (nSPS) is 13.2. The van der Waals surface area contributed by atoms with Gasteiger partial charge in [0.05, 0.1) is 6.54 Å². The van der Waals surface area contributed by atoms with E-state index >= 15 is 0 Å². The summed E-state index contributed by atoms with van der Waals surface area (Å²) < 4.78 is 5.63. The van der Waals surface area contributed by atoms with Crippen molar-refractivity contribution in [1.29, 1.82) is 0 Å². The van der Waals surface area contributed by atoms with E-state index in [2.05, 4.69) is 10.6 Å². The summed E-state index contributed by atoms with van der Waals surface area (Å²) in [5.41, 5.74) is 0.703. The molecule has 0 aliphatic carbocycles. The molecule has 0 aliphatic rings. The molecule has 0 saturated heterocycles. The average Bonchev–Trinajstić information content (AvgIpc) is 3.05. The molecule has 3 rings (SSSR count). The SMILES string of the molecule is Cc1cccc(NC(=O)C(=O)NCC(C)(O)c2cc3ccccc3o2)c1. The second-order valence-electron chi connectivity index (χ2n) is 6.43. The van der Waals surface area contributed by atoms with Crippen molar-refractivity contribution in [2.45, 2.75) is 19.4 Å². The lowest BCUT2D eigenvalue weighted by molar-refractivity contribution is -0.136. The molecule has 0 spiro atoms. The van der Waals surface area contributed by atoms with E-state index in [0.717, 1.165) is 10.9 Å². The maximum Gasteiger partial charge on any atom is 0.313 e. The third kappa shape index (κ3) is 3.92. The first kappa shape index (κ1) is 17.7. The van der Waals surface area contributed by atoms with Crippen molar-refractivity contribution in [1.82, 2.24) is 5.32 Å². The lowest BCUT2D eigenvalue weighted by Gasteiger charge is -2.20. The number of benzene rings is 2. The van der Waals surface area contributed by atoms with Crippen molar-refractivity contribution in [3.05, 3.63) is 65.9 Å². The summed E-state index contributed by atoms with van der Waals surface area (Å²) in [5, 5.41) is 16.4. The third-order valence-corrected chi connectivity index (χ3v) is 4.03. The van der Waals surface area contributed by atoms with Gasteiger partial charge in [-0.1, -0.05) is 30.3 Å². The molecule has 0 aliphatic heterocycles. The quantitative estimate of drug-likeness (QED) is 0.630. The van der Waals surface area contributed by atoms with E-state index in [4.69, 9.17) is 4.42 Å². The monoisotopic (exact) mass is 352 g/mol. The number of rotatable bonds is 4. The minimum atomic E-state index is -1.45. The number of carbonyl (C=O) groups excluding carboxylic acids is 2. The fourth-order valence-electron chi connectivity index (χ4n) is 2.58. The zero-order chi connectivity index (χ0) is 18.7. The summed E-state index contributed by atoms with van der Waals surface area (Å²) in [6, 6.07) is 16.2. The molecular weight excluding hydrogens is 332 g/mol. The number of para-hydroxylation sites is 1. The van der Waals surface area contributed by atoms with E-state index < -0.39 is 17.4 Å². The Balaban J connectivity index is 1.63. The number of fused-ring (bicyclic) bond motifs is 1. The summed E-state index contributed by atoms with van der Waals surface area (Å²) in [5.74, 6) is -1.31. The van der Waals surface area contributed by atoms with Gasteiger partial charge in [-0.3, -0.25) is 9.59 Å². The van der Waals surface area contributed by atoms with Gasteiger partial charge in [-0.2, -0.15) is 0 Å². The molecule has 0 fully saturated rings. The Bertz CT molecular complexity index is 926. The number of furan rings is 1. The molecule has 1 heterocycles. The lowest BCUT2D eigenvalue weighted by atomic mass is 10.0. The van der Waals surface area contributed by atoms with Gasteiger partial charge in [0.1, 0.15) is 16.9 Å². The van der Waals surface area contributed by atoms with Gasteiger partial charge in [0.15, 0.2) is 0 Å². The van der Waals surface area contributed by atoms with Crippen molar-refractivity contribution in [3.8, 4) is 0 Å². The minimum Gasteiger partial charge on any atom is -0.458 e. The molecule has 26 heavy (non-hydrogen) atoms. The van der Waals surface area contributed by atoms with Crippen LogP contribution < -0.4 is 10.6 Å². The number of anilines is 1. The molecule has 0 saturated carbocycles. The van der Waals surface area contributed by atoms with Gasteiger partial charge in [0.25, 0.3) is 0 Å². The molecule has 3 N–H and O–H groups in total. The largest absolute Gasteiger partial charge is 0.458 e. The zero-order valence-corrected chi connectivity index (χ0v) is 14.6. The molecule has 134 valence electrons. The van der Waals surface area contributed by atoms with Crippen molar-refractivity contribution >= 4 is 28.5 Å². The first-order chi connectivity index (χ1) is 12.3. The van der Waals surface area contributed by atoms with Crippen LogP contribution in [0.2, 0.25) is 0 Å². The van der Waals surface area contributed by atoms with Crippen LogP contribution in [-0.2, 0) is 15.2 Å². The van der Waals surface area contributed by atoms with Crippen LogP contribution in [0.5, 0.6) is 0 Å². The smallest absolute Gasteiger partial charge is 0.313 e. The molecular formula is C20H20N2O4.